The molecule has 1 N–H and O–H groups in total. The van der Waals surface area contributed by atoms with Crippen molar-refractivity contribution in [2.75, 3.05) is 18.5 Å². The molecule has 0 spiro atoms. The van der Waals surface area contributed by atoms with Gasteiger partial charge in [-0.05, 0) is 25.0 Å². The van der Waals surface area contributed by atoms with Gasteiger partial charge in [0, 0.05) is 9.65 Å². The Bertz CT molecular complexity index is 841. The fraction of sp³-hybridized carbons (Fsp3) is 0.444. The molecular formula is C18H16Br2Cl2N2O5. The summed E-state index contributed by atoms with van der Waals surface area (Å²) in [5, 5.41) is 2.91. The zero-order chi connectivity index (χ0) is 21.3. The van der Waals surface area contributed by atoms with Crippen LogP contribution in [0.15, 0.2) is 18.2 Å². The van der Waals surface area contributed by atoms with Crippen molar-refractivity contribution >= 4 is 84.4 Å². The number of likely N-dealkylation sites (tertiary alicyclic amines) is 1. The van der Waals surface area contributed by atoms with Crippen LogP contribution in [0.4, 0.5) is 5.69 Å². The number of ether oxygens (including phenoxy) is 1. The summed E-state index contributed by atoms with van der Waals surface area (Å²) in [5.41, 5.74) is 0.280. The molecule has 1 aliphatic heterocycles. The van der Waals surface area contributed by atoms with Gasteiger partial charge in [-0.1, -0.05) is 61.1 Å². The van der Waals surface area contributed by atoms with Gasteiger partial charge in [0.1, 0.15) is 6.54 Å². The molecule has 0 bridgehead atoms. The predicted molar refractivity (Wildman–Crippen MR) is 114 cm³/mol. The molecule has 0 unspecified atom stereocenters. The van der Waals surface area contributed by atoms with E-state index in [1.54, 1.807) is 18.2 Å². The number of hydrogen-bond acceptors (Lipinski definition) is 5. The molecule has 2 aliphatic rings. The highest BCUT2D eigenvalue weighted by molar-refractivity contribution is 9.12. The van der Waals surface area contributed by atoms with E-state index < -0.39 is 36.9 Å². The molecule has 0 radical (unpaired) electrons. The lowest BCUT2D eigenvalue weighted by molar-refractivity contribution is -0.154. The molecule has 3 rings (SSSR count). The van der Waals surface area contributed by atoms with Gasteiger partial charge in [-0.15, -0.1) is 0 Å². The lowest BCUT2D eigenvalue weighted by Gasteiger charge is -2.29. The Balaban J connectivity index is 1.53. The number of imide groups is 1. The van der Waals surface area contributed by atoms with Crippen LogP contribution in [-0.4, -0.2) is 51.4 Å². The largest absolute Gasteiger partial charge is 0.454 e. The Morgan fingerprint density at radius 3 is 2.28 bits per heavy atom. The fourth-order valence-corrected chi connectivity index (χ4v) is 5.01. The van der Waals surface area contributed by atoms with E-state index in [4.69, 9.17) is 27.9 Å². The molecule has 156 valence electrons. The van der Waals surface area contributed by atoms with Crippen LogP contribution in [-0.2, 0) is 23.9 Å². The molecule has 4 atom stereocenters. The van der Waals surface area contributed by atoms with Crippen LogP contribution in [0.25, 0.3) is 0 Å². The highest BCUT2D eigenvalue weighted by atomic mass is 79.9. The number of halogens is 4. The van der Waals surface area contributed by atoms with Crippen LogP contribution in [0.5, 0.6) is 0 Å². The zero-order valence-electron chi connectivity index (χ0n) is 14.9. The Labute approximate surface area is 193 Å². The normalized spacial score (nSPS) is 26.3. The summed E-state index contributed by atoms with van der Waals surface area (Å²) in [5.74, 6) is -3.11. The third-order valence-corrected chi connectivity index (χ3v) is 8.43. The summed E-state index contributed by atoms with van der Waals surface area (Å²) >= 11 is 18.9. The summed E-state index contributed by atoms with van der Waals surface area (Å²) in [6.07, 6.45) is 1.03. The monoisotopic (exact) mass is 568 g/mol. The van der Waals surface area contributed by atoms with Gasteiger partial charge in [0.05, 0.1) is 27.6 Å². The van der Waals surface area contributed by atoms with Crippen LogP contribution in [0.1, 0.15) is 12.8 Å². The molecule has 7 nitrogen and oxygen atoms in total. The second kappa shape index (κ2) is 9.32. The van der Waals surface area contributed by atoms with E-state index in [1.807, 2.05) is 0 Å². The SMILES string of the molecule is O=C(COC(=O)CN1C(=O)[C@H]2C[C@H](Br)[C@@H](Br)C[C@H]2C1=O)Nc1cccc(Cl)c1Cl. The number of anilines is 1. The number of carbonyl (C=O) groups excluding carboxylic acids is 4. The van der Waals surface area contributed by atoms with Gasteiger partial charge in [-0.3, -0.25) is 24.1 Å². The average molecular weight is 571 g/mol. The summed E-state index contributed by atoms with van der Waals surface area (Å²) in [6, 6.07) is 4.72. The van der Waals surface area contributed by atoms with Gasteiger partial charge >= 0.3 is 5.97 Å². The van der Waals surface area contributed by atoms with Crippen molar-refractivity contribution in [2.45, 2.75) is 22.5 Å². The van der Waals surface area contributed by atoms with Crippen molar-refractivity contribution in [3.05, 3.63) is 28.2 Å². The number of carbonyl (C=O) groups is 4. The Morgan fingerprint density at radius 2 is 1.69 bits per heavy atom. The molecule has 1 aliphatic carbocycles. The molecule has 0 aromatic heterocycles. The molecule has 1 saturated carbocycles. The number of benzene rings is 1. The third kappa shape index (κ3) is 4.95. The van der Waals surface area contributed by atoms with E-state index in [0.717, 1.165) is 4.90 Å². The van der Waals surface area contributed by atoms with Gasteiger partial charge < -0.3 is 10.1 Å². The van der Waals surface area contributed by atoms with Gasteiger partial charge in [0.2, 0.25) is 11.8 Å². The standard InChI is InChI=1S/C18H16Br2Cl2N2O5/c19-10-4-8-9(5-11(10)20)18(28)24(17(8)27)6-15(26)29-7-14(25)23-13-3-1-2-12(21)16(13)22/h1-3,8-11H,4-7H2,(H,23,25)/t8-,9+,10-,11-/m0/s1. The van der Waals surface area contributed by atoms with Crippen molar-refractivity contribution in [1.29, 1.82) is 0 Å². The number of nitrogens with one attached hydrogen (secondary N) is 1. The van der Waals surface area contributed by atoms with Crippen molar-refractivity contribution in [3.63, 3.8) is 0 Å². The van der Waals surface area contributed by atoms with Crippen LogP contribution in [0, 0.1) is 11.8 Å². The summed E-state index contributed by atoms with van der Waals surface area (Å²) in [7, 11) is 0. The minimum absolute atomic E-state index is 0.0782. The second-order valence-corrected chi connectivity index (χ2v) is 9.93. The number of alkyl halides is 2. The first-order chi connectivity index (χ1) is 13.7. The minimum atomic E-state index is -0.844. The van der Waals surface area contributed by atoms with Gasteiger partial charge in [0.15, 0.2) is 6.61 Å². The molecule has 2 fully saturated rings. The summed E-state index contributed by atoms with van der Waals surface area (Å²) in [4.78, 5) is 50.2. The quantitative estimate of drug-likeness (QED) is 0.333. The topological polar surface area (TPSA) is 92.8 Å². The zero-order valence-corrected chi connectivity index (χ0v) is 19.6. The molecule has 11 heteroatoms. The second-order valence-electron chi connectivity index (χ2n) is 6.79. The van der Waals surface area contributed by atoms with E-state index in [2.05, 4.69) is 37.2 Å². The fourth-order valence-electron chi connectivity index (χ4n) is 3.43. The van der Waals surface area contributed by atoms with Crippen molar-refractivity contribution < 1.29 is 23.9 Å². The Morgan fingerprint density at radius 1 is 1.10 bits per heavy atom. The van der Waals surface area contributed by atoms with Gasteiger partial charge in [0.25, 0.3) is 5.91 Å². The molecule has 1 saturated heterocycles. The van der Waals surface area contributed by atoms with E-state index in [-0.39, 0.29) is 37.2 Å². The van der Waals surface area contributed by atoms with E-state index in [1.165, 1.54) is 0 Å². The summed E-state index contributed by atoms with van der Waals surface area (Å²) in [6.45, 7) is -1.10. The summed E-state index contributed by atoms with van der Waals surface area (Å²) < 4.78 is 4.91. The first kappa shape index (κ1) is 22.5. The van der Waals surface area contributed by atoms with Crippen LogP contribution in [0.3, 0.4) is 0 Å². The third-order valence-electron chi connectivity index (χ3n) is 4.88. The molecular weight excluding hydrogens is 555 g/mol. The van der Waals surface area contributed by atoms with Crippen LogP contribution < -0.4 is 5.32 Å². The highest BCUT2D eigenvalue weighted by Gasteiger charge is 2.52. The number of rotatable bonds is 5. The molecule has 29 heavy (non-hydrogen) atoms. The van der Waals surface area contributed by atoms with Crippen molar-refractivity contribution in [3.8, 4) is 0 Å². The van der Waals surface area contributed by atoms with Crippen molar-refractivity contribution in [2.24, 2.45) is 11.8 Å². The average Bonchev–Trinajstić information content (AvgIpc) is 2.89. The van der Waals surface area contributed by atoms with Crippen LogP contribution in [0.2, 0.25) is 10.0 Å². The molecule has 1 heterocycles. The number of amides is 3. The van der Waals surface area contributed by atoms with E-state index >= 15 is 0 Å². The lowest BCUT2D eigenvalue weighted by atomic mass is 9.81. The highest BCUT2D eigenvalue weighted by Crippen LogP contribution is 2.43. The Hall–Kier alpha value is -1.16. The predicted octanol–water partition coefficient (Wildman–Crippen LogP) is 3.40. The smallest absolute Gasteiger partial charge is 0.326 e. The van der Waals surface area contributed by atoms with Gasteiger partial charge in [-0.25, -0.2) is 0 Å². The number of esters is 1. The molecule has 3 amide bonds. The van der Waals surface area contributed by atoms with E-state index in [0.29, 0.717) is 12.8 Å². The van der Waals surface area contributed by atoms with Crippen molar-refractivity contribution in [1.82, 2.24) is 4.90 Å². The lowest BCUT2D eigenvalue weighted by Crippen LogP contribution is -2.37. The number of hydrogen-bond donors (Lipinski definition) is 1. The van der Waals surface area contributed by atoms with Crippen LogP contribution >= 0.6 is 55.1 Å². The maximum atomic E-state index is 12.5. The van der Waals surface area contributed by atoms with E-state index in [9.17, 15) is 19.2 Å². The van der Waals surface area contributed by atoms with Gasteiger partial charge in [-0.2, -0.15) is 0 Å². The Kier molecular flexibility index (Phi) is 7.24. The first-order valence-electron chi connectivity index (χ1n) is 8.72. The maximum absolute atomic E-state index is 12.5. The molecule has 1 aromatic rings. The maximum Gasteiger partial charge on any atom is 0.326 e. The first-order valence-corrected chi connectivity index (χ1v) is 11.3. The number of fused-ring (bicyclic) bond motifs is 1. The molecule has 1 aromatic carbocycles. The minimum Gasteiger partial charge on any atom is -0.454 e. The number of nitrogens with zero attached hydrogens (tertiary/aromatic N) is 1.